The first-order valence-electron chi connectivity index (χ1n) is 6.38. The summed E-state index contributed by atoms with van der Waals surface area (Å²) in [7, 11) is 0. The average molecular weight is 302 g/mol. The van der Waals surface area contributed by atoms with Gasteiger partial charge in [-0.3, -0.25) is 0 Å². The second-order valence-corrected chi connectivity index (χ2v) is 5.71. The Morgan fingerprint density at radius 3 is 2.58 bits per heavy atom. The predicted molar refractivity (Wildman–Crippen MR) is 77.9 cm³/mol. The molecule has 0 saturated heterocycles. The average Bonchev–Trinajstić information content (AvgIpc) is 3.19. The molecule has 1 aliphatic carbocycles. The van der Waals surface area contributed by atoms with E-state index in [0.717, 1.165) is 0 Å². The second-order valence-electron chi connectivity index (χ2n) is 4.90. The first kappa shape index (κ1) is 14.6. The fourth-order valence-corrected chi connectivity index (χ4v) is 2.30. The van der Waals surface area contributed by atoms with Gasteiger partial charge in [0.05, 0.1) is 22.4 Å². The Morgan fingerprint density at radius 2 is 2.05 bits per heavy atom. The smallest absolute Gasteiger partial charge is 0.120 e. The molecule has 0 bridgehead atoms. The van der Waals surface area contributed by atoms with Crippen molar-refractivity contribution in [3.05, 3.63) is 33.8 Å². The summed E-state index contributed by atoms with van der Waals surface area (Å²) in [5.41, 5.74) is 1.24. The summed E-state index contributed by atoms with van der Waals surface area (Å²) in [4.78, 5) is 5.37. The molecule has 104 valence electrons. The van der Waals surface area contributed by atoms with Gasteiger partial charge in [-0.25, -0.2) is 0 Å². The number of rotatable bonds is 6. The molecule has 0 heterocycles. The molecule has 1 unspecified atom stereocenters. The summed E-state index contributed by atoms with van der Waals surface area (Å²) in [5, 5.41) is 14.5. The first-order valence-corrected chi connectivity index (χ1v) is 7.14. The molecule has 0 spiro atoms. The summed E-state index contributed by atoms with van der Waals surface area (Å²) in [6.45, 7) is 2.44. The minimum absolute atomic E-state index is 0.0345. The van der Waals surface area contributed by atoms with Crippen molar-refractivity contribution in [2.75, 3.05) is 13.2 Å². The maximum Gasteiger partial charge on any atom is 0.120 e. The molecule has 1 atom stereocenters. The molecule has 1 aromatic carbocycles. The lowest BCUT2D eigenvalue weighted by Crippen LogP contribution is -2.18. The highest BCUT2D eigenvalue weighted by atomic mass is 35.5. The van der Waals surface area contributed by atoms with Crippen molar-refractivity contribution in [1.29, 1.82) is 0 Å². The van der Waals surface area contributed by atoms with Crippen molar-refractivity contribution >= 4 is 28.9 Å². The van der Waals surface area contributed by atoms with Crippen LogP contribution in [0.2, 0.25) is 10.0 Å². The van der Waals surface area contributed by atoms with E-state index in [1.54, 1.807) is 18.2 Å². The molecule has 1 aromatic rings. The fourth-order valence-electron chi connectivity index (χ4n) is 1.71. The Bertz CT molecular complexity index is 452. The quantitative estimate of drug-likeness (QED) is 0.642. The maximum absolute atomic E-state index is 9.35. The summed E-state index contributed by atoms with van der Waals surface area (Å²) < 4.78 is 0. The molecule has 1 fully saturated rings. The van der Waals surface area contributed by atoms with Crippen LogP contribution in [0.3, 0.4) is 0 Å². The van der Waals surface area contributed by atoms with E-state index in [4.69, 9.17) is 28.0 Å². The molecule has 0 aromatic heterocycles. The van der Waals surface area contributed by atoms with Crippen LogP contribution in [0.4, 0.5) is 0 Å². The highest BCUT2D eigenvalue weighted by Crippen LogP contribution is 2.30. The number of hydrogen-bond donors (Lipinski definition) is 1. The van der Waals surface area contributed by atoms with Crippen LogP contribution in [0.5, 0.6) is 0 Å². The summed E-state index contributed by atoms with van der Waals surface area (Å²) in [6, 6.07) is 5.28. The van der Waals surface area contributed by atoms with Crippen molar-refractivity contribution in [1.82, 2.24) is 0 Å². The first-order chi connectivity index (χ1) is 9.13. The minimum atomic E-state index is -0.184. The van der Waals surface area contributed by atoms with E-state index in [-0.39, 0.29) is 12.5 Å². The molecule has 0 radical (unpaired) electrons. The van der Waals surface area contributed by atoms with Gasteiger partial charge in [0.15, 0.2) is 0 Å². The van der Waals surface area contributed by atoms with Gasteiger partial charge in [0.1, 0.15) is 6.61 Å². The Labute approximate surface area is 123 Å². The summed E-state index contributed by atoms with van der Waals surface area (Å²) >= 11 is 12.4. The van der Waals surface area contributed by atoms with Gasteiger partial charge in [-0.1, -0.05) is 41.3 Å². The van der Waals surface area contributed by atoms with Crippen LogP contribution in [-0.4, -0.2) is 24.0 Å². The van der Waals surface area contributed by atoms with Crippen LogP contribution >= 0.6 is 23.2 Å². The van der Waals surface area contributed by atoms with Gasteiger partial charge in [-0.15, -0.1) is 0 Å². The van der Waals surface area contributed by atoms with Gasteiger partial charge < -0.3 is 9.94 Å². The van der Waals surface area contributed by atoms with E-state index in [9.17, 15) is 5.11 Å². The van der Waals surface area contributed by atoms with Gasteiger partial charge in [0.25, 0.3) is 0 Å². The third-order valence-electron chi connectivity index (χ3n) is 3.13. The zero-order valence-corrected chi connectivity index (χ0v) is 12.3. The van der Waals surface area contributed by atoms with Crippen molar-refractivity contribution in [3.63, 3.8) is 0 Å². The molecule has 3 nitrogen and oxygen atoms in total. The lowest BCUT2D eigenvalue weighted by molar-refractivity contribution is 0.131. The topological polar surface area (TPSA) is 41.8 Å². The zero-order valence-electron chi connectivity index (χ0n) is 10.8. The van der Waals surface area contributed by atoms with Crippen LogP contribution in [0.15, 0.2) is 23.4 Å². The SMILES string of the molecule is CC(CO)/C(=N\OCC1CC1)c1c(Cl)cccc1Cl. The molecule has 5 heteroatoms. The van der Waals surface area contributed by atoms with E-state index < -0.39 is 0 Å². The van der Waals surface area contributed by atoms with Crippen molar-refractivity contribution in [3.8, 4) is 0 Å². The normalized spacial score (nSPS) is 17.4. The summed E-state index contributed by atoms with van der Waals surface area (Å²) in [6.07, 6.45) is 2.40. The highest BCUT2D eigenvalue weighted by Gasteiger charge is 2.23. The number of benzene rings is 1. The van der Waals surface area contributed by atoms with Crippen LogP contribution < -0.4 is 0 Å². The third kappa shape index (κ3) is 3.85. The number of nitrogens with zero attached hydrogens (tertiary/aromatic N) is 1. The molecule has 2 rings (SSSR count). The van der Waals surface area contributed by atoms with E-state index in [2.05, 4.69) is 5.16 Å². The molecular weight excluding hydrogens is 285 g/mol. The van der Waals surface area contributed by atoms with E-state index >= 15 is 0 Å². The largest absolute Gasteiger partial charge is 0.396 e. The number of halogens is 2. The van der Waals surface area contributed by atoms with E-state index in [0.29, 0.717) is 33.8 Å². The van der Waals surface area contributed by atoms with Crippen molar-refractivity contribution in [2.24, 2.45) is 17.0 Å². The van der Waals surface area contributed by atoms with Gasteiger partial charge in [-0.2, -0.15) is 0 Å². The van der Waals surface area contributed by atoms with E-state index in [1.165, 1.54) is 12.8 Å². The number of oxime groups is 1. The van der Waals surface area contributed by atoms with Crippen LogP contribution in [-0.2, 0) is 4.84 Å². The number of aliphatic hydroxyl groups excluding tert-OH is 1. The van der Waals surface area contributed by atoms with Crippen molar-refractivity contribution in [2.45, 2.75) is 19.8 Å². The van der Waals surface area contributed by atoms with Gasteiger partial charge in [0.2, 0.25) is 0 Å². The predicted octanol–water partition coefficient (Wildman–Crippen LogP) is 3.75. The minimum Gasteiger partial charge on any atom is -0.396 e. The zero-order chi connectivity index (χ0) is 13.8. The highest BCUT2D eigenvalue weighted by molar-refractivity contribution is 6.40. The number of aliphatic hydroxyl groups is 1. The number of hydrogen-bond acceptors (Lipinski definition) is 3. The molecule has 19 heavy (non-hydrogen) atoms. The van der Waals surface area contributed by atoms with Gasteiger partial charge in [0, 0.05) is 11.5 Å². The Kier molecular flexibility index (Phi) is 5.08. The molecular formula is C14H17Cl2NO2. The fraction of sp³-hybridized carbons (Fsp3) is 0.500. The standard InChI is InChI=1S/C14H17Cl2NO2/c1-9(7-18)14(17-19-8-10-5-6-10)13-11(15)3-2-4-12(13)16/h2-4,9-10,18H,5-8H2,1H3/b17-14+. The van der Waals surface area contributed by atoms with Gasteiger partial charge >= 0.3 is 0 Å². The molecule has 0 amide bonds. The van der Waals surface area contributed by atoms with Crippen LogP contribution in [0.25, 0.3) is 0 Å². The second kappa shape index (κ2) is 6.60. The Balaban J connectivity index is 2.24. The van der Waals surface area contributed by atoms with E-state index in [1.807, 2.05) is 6.92 Å². The van der Waals surface area contributed by atoms with Crippen molar-refractivity contribution < 1.29 is 9.94 Å². The molecule has 1 N–H and O–H groups in total. The maximum atomic E-state index is 9.35. The third-order valence-corrected chi connectivity index (χ3v) is 3.76. The Morgan fingerprint density at radius 1 is 1.42 bits per heavy atom. The Hall–Kier alpha value is -0.770. The monoisotopic (exact) mass is 301 g/mol. The summed E-state index contributed by atoms with van der Waals surface area (Å²) in [5.74, 6) is 0.438. The van der Waals surface area contributed by atoms with Crippen LogP contribution in [0, 0.1) is 11.8 Å². The molecule has 1 saturated carbocycles. The molecule has 1 aliphatic rings. The van der Waals surface area contributed by atoms with Crippen LogP contribution in [0.1, 0.15) is 25.3 Å². The lowest BCUT2D eigenvalue weighted by atomic mass is 9.99. The van der Waals surface area contributed by atoms with Gasteiger partial charge in [-0.05, 0) is 30.9 Å². The molecule has 0 aliphatic heterocycles. The lowest BCUT2D eigenvalue weighted by Gasteiger charge is -2.15.